The minimum atomic E-state index is -1.18. The topological polar surface area (TPSA) is 329 Å². The maximum Gasteiger partial charge on any atom is 0.326 e. The van der Waals surface area contributed by atoms with E-state index in [1.165, 1.54) is 31.3 Å². The van der Waals surface area contributed by atoms with Crippen LogP contribution < -0.4 is 37.2 Å². The molecule has 0 spiro atoms. The Hall–Kier alpha value is -7.77. The number of hydrogen-bond acceptors (Lipinski definition) is 14. The second-order valence-electron chi connectivity index (χ2n) is 26.1. The maximum absolute atomic E-state index is 14.9. The number of likely N-dealkylation sites (tertiary alicyclic amines) is 1. The molecule has 0 aromatic heterocycles. The molecule has 522 valence electrons. The first kappa shape index (κ1) is 78.7. The van der Waals surface area contributed by atoms with E-state index in [0.717, 1.165) is 16.0 Å². The molecule has 4 rings (SSSR count). The Labute approximate surface area is 555 Å². The fourth-order valence-corrected chi connectivity index (χ4v) is 12.5. The normalized spacial score (nSPS) is 17.2. The van der Waals surface area contributed by atoms with Crippen molar-refractivity contribution in [3.63, 3.8) is 0 Å². The number of ether oxygens (including phenoxy) is 2. The molecule has 2 aliphatic rings. The first-order chi connectivity index (χ1) is 44.5. The van der Waals surface area contributed by atoms with E-state index in [2.05, 4.69) is 26.6 Å². The summed E-state index contributed by atoms with van der Waals surface area (Å²) in [4.78, 5) is 154. The SMILES string of the molecule is CCC(C)C(C(CC(=O)N1CCCC1C(OC)C(C)C(=O)NC(Cc1ccccc1)C(=O)O)OC)N(C)C(=O)C(NC(=O)C(C(C)C)N(C)CCc1ccc(N(C)C(=O)C(CCCNC(N)=O)NC(=O)C(NC(=O)CCCCCN2C(=O)C=CC2=O)C(C)C)cc1)C(C)C. The highest BCUT2D eigenvalue weighted by molar-refractivity contribution is 6.12. The van der Waals surface area contributed by atoms with Gasteiger partial charge in [-0.3, -0.25) is 53.0 Å². The smallest absolute Gasteiger partial charge is 0.326 e. The van der Waals surface area contributed by atoms with Gasteiger partial charge < -0.3 is 61.6 Å². The van der Waals surface area contributed by atoms with Crippen molar-refractivity contribution >= 4 is 70.9 Å². The number of carbonyl (C=O) groups is 11. The van der Waals surface area contributed by atoms with E-state index >= 15 is 0 Å². The monoisotopic (exact) mass is 1310 g/mol. The predicted molar refractivity (Wildman–Crippen MR) is 357 cm³/mol. The van der Waals surface area contributed by atoms with Crippen molar-refractivity contribution in [2.75, 3.05) is 66.4 Å². The minimum Gasteiger partial charge on any atom is -0.480 e. The largest absolute Gasteiger partial charge is 0.480 e. The number of aliphatic carboxylic acids is 1. The lowest BCUT2D eigenvalue weighted by Gasteiger charge is -2.41. The number of carboxylic acid groups (broad SMARTS) is 1. The minimum absolute atomic E-state index is 0.0899. The number of nitrogens with two attached hydrogens (primary N) is 1. The summed E-state index contributed by atoms with van der Waals surface area (Å²) < 4.78 is 12.0. The van der Waals surface area contributed by atoms with Crippen molar-refractivity contribution in [2.24, 2.45) is 35.3 Å². The number of urea groups is 1. The maximum atomic E-state index is 14.9. The third-order valence-corrected chi connectivity index (χ3v) is 18.2. The molecular weight excluding hydrogens is 1210 g/mol. The van der Waals surface area contributed by atoms with Crippen LogP contribution in [0.5, 0.6) is 0 Å². The number of hydrogen-bond donors (Lipinski definition) is 7. The average Bonchev–Trinajstić information content (AvgIpc) is 1.33. The lowest BCUT2D eigenvalue weighted by molar-refractivity contribution is -0.148. The first-order valence-electron chi connectivity index (χ1n) is 33.2. The predicted octanol–water partition coefficient (Wildman–Crippen LogP) is 4.58. The van der Waals surface area contributed by atoms with Crippen LogP contribution in [0.1, 0.15) is 138 Å². The highest BCUT2D eigenvalue weighted by Crippen LogP contribution is 2.30. The van der Waals surface area contributed by atoms with Crippen LogP contribution in [0.25, 0.3) is 0 Å². The molecule has 0 bridgehead atoms. The van der Waals surface area contributed by atoms with Crippen molar-refractivity contribution < 1.29 is 67.3 Å². The molecule has 2 aromatic rings. The summed E-state index contributed by atoms with van der Waals surface area (Å²) in [5.41, 5.74) is 7.49. The lowest BCUT2D eigenvalue weighted by Crippen LogP contribution is -2.60. The number of unbranched alkanes of at least 4 members (excludes halogenated alkanes) is 2. The Kier molecular flexibility index (Phi) is 32.3. The number of methoxy groups -OCH3 is 2. The van der Waals surface area contributed by atoms with Gasteiger partial charge in [0.2, 0.25) is 41.4 Å². The molecule has 0 saturated carbocycles. The number of rotatable bonds is 40. The number of imide groups is 1. The van der Waals surface area contributed by atoms with Gasteiger partial charge in [0.1, 0.15) is 24.2 Å². The van der Waals surface area contributed by atoms with E-state index in [4.69, 9.17) is 15.2 Å². The number of likely N-dealkylation sites (N-methyl/N-ethyl adjacent to an activating group) is 3. The molecule has 94 heavy (non-hydrogen) atoms. The van der Waals surface area contributed by atoms with Crippen molar-refractivity contribution in [1.29, 1.82) is 0 Å². The zero-order valence-corrected chi connectivity index (χ0v) is 57.8. The van der Waals surface area contributed by atoms with Crippen LogP contribution in [0, 0.1) is 29.6 Å². The Morgan fingerprint density at radius 2 is 1.33 bits per heavy atom. The van der Waals surface area contributed by atoms with Crippen LogP contribution in [0.2, 0.25) is 0 Å². The summed E-state index contributed by atoms with van der Waals surface area (Å²) in [6, 6.07) is 9.74. The van der Waals surface area contributed by atoms with Gasteiger partial charge in [0.15, 0.2) is 0 Å². The molecule has 11 atom stereocenters. The third kappa shape index (κ3) is 23.0. The Morgan fingerprint density at radius 3 is 1.89 bits per heavy atom. The molecule has 11 unspecified atom stereocenters. The number of benzene rings is 2. The van der Waals surface area contributed by atoms with E-state index in [1.54, 1.807) is 81.1 Å². The van der Waals surface area contributed by atoms with Crippen molar-refractivity contribution in [3.8, 4) is 0 Å². The van der Waals surface area contributed by atoms with Crippen LogP contribution in [-0.4, -0.2) is 206 Å². The van der Waals surface area contributed by atoms with Crippen LogP contribution in [0.3, 0.4) is 0 Å². The summed E-state index contributed by atoms with van der Waals surface area (Å²) in [6.45, 7) is 18.1. The van der Waals surface area contributed by atoms with Gasteiger partial charge in [0.05, 0.1) is 42.7 Å². The Bertz CT molecular complexity index is 2870. The van der Waals surface area contributed by atoms with Crippen LogP contribution in [0.15, 0.2) is 66.7 Å². The molecule has 11 amide bonds. The molecule has 1 fully saturated rings. The van der Waals surface area contributed by atoms with E-state index in [0.29, 0.717) is 70.1 Å². The van der Waals surface area contributed by atoms with Gasteiger partial charge in [-0.1, -0.05) is 118 Å². The van der Waals surface area contributed by atoms with Crippen molar-refractivity contribution in [2.45, 2.75) is 194 Å². The molecule has 0 radical (unpaired) electrons. The van der Waals surface area contributed by atoms with Crippen LogP contribution in [0.4, 0.5) is 10.5 Å². The summed E-state index contributed by atoms with van der Waals surface area (Å²) in [7, 11) is 8.11. The number of carboxylic acids is 1. The lowest BCUT2D eigenvalue weighted by atomic mass is 9.89. The highest BCUT2D eigenvalue weighted by atomic mass is 16.5. The van der Waals surface area contributed by atoms with E-state index in [1.807, 2.05) is 71.7 Å². The summed E-state index contributed by atoms with van der Waals surface area (Å²) in [5.74, 6) is -6.51. The van der Waals surface area contributed by atoms with Gasteiger partial charge in [-0.25, -0.2) is 9.59 Å². The number of primary amides is 1. The summed E-state index contributed by atoms with van der Waals surface area (Å²) in [5, 5.41) is 24.0. The third-order valence-electron chi connectivity index (χ3n) is 18.2. The number of nitrogens with one attached hydrogen (secondary N) is 5. The number of anilines is 1. The van der Waals surface area contributed by atoms with Crippen LogP contribution >= 0.6 is 0 Å². The summed E-state index contributed by atoms with van der Waals surface area (Å²) >= 11 is 0. The number of amides is 11. The molecule has 25 nitrogen and oxygen atoms in total. The molecule has 25 heteroatoms. The number of carbonyl (C=O) groups excluding carboxylic acids is 10. The quantitative estimate of drug-likeness (QED) is 0.0355. The Morgan fingerprint density at radius 1 is 0.702 bits per heavy atom. The fourth-order valence-electron chi connectivity index (χ4n) is 12.5. The molecular formula is C69H107N11O14. The van der Waals surface area contributed by atoms with Gasteiger partial charge in [-0.05, 0) is 98.9 Å². The highest BCUT2D eigenvalue weighted by Gasteiger charge is 2.44. The van der Waals surface area contributed by atoms with Gasteiger partial charge >= 0.3 is 12.0 Å². The zero-order valence-electron chi connectivity index (χ0n) is 57.8. The van der Waals surface area contributed by atoms with Crippen LogP contribution in [-0.2, 0) is 70.3 Å². The summed E-state index contributed by atoms with van der Waals surface area (Å²) in [6.07, 6.45) is 5.38. The standard InChI is InChI=1S/C69H107N11O14/c1-15-45(8)61(53(93-13)41-57(84)79-38-23-27-52(79)62(94-14)46(9)63(85)73-51(68(90)91)40-48-24-18-16-19-25-48)78(12)67(89)59(43(4)5)75-65(87)60(44(6)7)76(10)39-35-47-29-31-49(32-30-47)77(11)66(88)50(26-22-36-71-69(70)92)72-64(86)58(42(2)3)74-54(81)28-20-17-21-37-80-55(82)33-34-56(80)83/h16,18-19,24-25,29-34,42-46,50-53,58-62H,15,17,20-23,26-28,35-41H2,1-14H3,(H,72,86)(H,73,85)(H,74,81)(H,75,87)(H,90,91)(H3,70,71,92). The van der Waals surface area contributed by atoms with Gasteiger partial charge in [0.25, 0.3) is 11.8 Å². The molecule has 2 aliphatic heterocycles. The van der Waals surface area contributed by atoms with Gasteiger partial charge in [-0.15, -0.1) is 0 Å². The van der Waals surface area contributed by atoms with Crippen molar-refractivity contribution in [1.82, 2.24) is 46.2 Å². The first-order valence-corrected chi connectivity index (χ1v) is 33.2. The molecule has 0 aliphatic carbocycles. The van der Waals surface area contributed by atoms with Gasteiger partial charge in [0, 0.05) is 85.2 Å². The zero-order chi connectivity index (χ0) is 70.1. The molecule has 8 N–H and O–H groups in total. The van der Waals surface area contributed by atoms with E-state index < -0.39 is 90.1 Å². The Balaban J connectivity index is 1.40. The van der Waals surface area contributed by atoms with Gasteiger partial charge in [-0.2, -0.15) is 0 Å². The van der Waals surface area contributed by atoms with Crippen molar-refractivity contribution in [3.05, 3.63) is 77.9 Å². The second kappa shape index (κ2) is 38.6. The molecule has 1 saturated heterocycles. The molecule has 2 aromatic carbocycles. The van der Waals surface area contributed by atoms with E-state index in [9.17, 15) is 57.8 Å². The molecule has 2 heterocycles. The second-order valence-corrected chi connectivity index (χ2v) is 26.1. The van der Waals surface area contributed by atoms with E-state index in [-0.39, 0.29) is 97.9 Å². The fraction of sp³-hybridized carbons (Fsp3) is 0.638. The number of nitrogens with zero attached hydrogens (tertiary/aromatic N) is 5. The average molecular weight is 1310 g/mol.